The number of hydrogen-bond donors (Lipinski definition) is 2. The Morgan fingerprint density at radius 1 is 1.13 bits per heavy atom. The Kier molecular flexibility index (Phi) is 4.13. The first-order chi connectivity index (χ1) is 14.4. The van der Waals surface area contributed by atoms with Gasteiger partial charge in [-0.3, -0.25) is 4.40 Å². The molecular weight excluding hydrogens is 402 g/mol. The molecule has 162 valence electrons. The van der Waals surface area contributed by atoms with E-state index in [0.717, 1.165) is 48.5 Å². The number of fused-ring (bicyclic) bond motifs is 1. The van der Waals surface area contributed by atoms with E-state index in [1.54, 1.807) is 4.40 Å². The van der Waals surface area contributed by atoms with Crippen molar-refractivity contribution in [1.29, 1.82) is 0 Å². The third-order valence-electron chi connectivity index (χ3n) is 7.75. The summed E-state index contributed by atoms with van der Waals surface area (Å²) < 4.78 is 36.7. The van der Waals surface area contributed by atoms with Gasteiger partial charge in [0.05, 0.1) is 6.61 Å². The van der Waals surface area contributed by atoms with Gasteiger partial charge < -0.3 is 4.74 Å². The maximum atomic E-state index is 11.9. The van der Waals surface area contributed by atoms with Crippen LogP contribution >= 0.6 is 0 Å². The fraction of sp³-hybridized carbons (Fsp3) is 0.714. The summed E-state index contributed by atoms with van der Waals surface area (Å²) in [5, 5.41) is 8.20. The van der Waals surface area contributed by atoms with E-state index >= 15 is 0 Å². The van der Waals surface area contributed by atoms with Gasteiger partial charge in [-0.1, -0.05) is 0 Å². The first kappa shape index (κ1) is 18.9. The van der Waals surface area contributed by atoms with E-state index in [2.05, 4.69) is 19.6 Å². The number of aromatic nitrogens is 3. The fourth-order valence-corrected chi connectivity index (χ4v) is 7.18. The summed E-state index contributed by atoms with van der Waals surface area (Å²) in [6, 6.07) is 1.93. The number of rotatable bonds is 7. The summed E-state index contributed by atoms with van der Waals surface area (Å²) in [5.41, 5.74) is 2.08. The molecule has 5 aliphatic rings. The van der Waals surface area contributed by atoms with Crippen LogP contribution in [0.2, 0.25) is 0 Å². The van der Waals surface area contributed by atoms with E-state index in [0.29, 0.717) is 17.0 Å². The van der Waals surface area contributed by atoms with Gasteiger partial charge >= 0.3 is 10.2 Å². The summed E-state index contributed by atoms with van der Waals surface area (Å²) in [4.78, 5) is 0. The Hall–Kier alpha value is -1.87. The van der Waals surface area contributed by atoms with Gasteiger partial charge in [0.1, 0.15) is 5.75 Å². The molecule has 5 aliphatic carbocycles. The number of nitrogens with zero attached hydrogens (tertiary/aromatic N) is 3. The Balaban J connectivity index is 1.29. The van der Waals surface area contributed by atoms with Crippen molar-refractivity contribution in [3.8, 4) is 5.75 Å². The normalized spacial score (nSPS) is 32.6. The summed E-state index contributed by atoms with van der Waals surface area (Å²) in [7, 11) is -2.29. The first-order valence-corrected chi connectivity index (χ1v) is 12.6. The Morgan fingerprint density at radius 2 is 1.80 bits per heavy atom. The smallest absolute Gasteiger partial charge is 0.301 e. The molecule has 5 saturated carbocycles. The van der Waals surface area contributed by atoms with Crippen molar-refractivity contribution in [2.75, 3.05) is 18.4 Å². The third-order valence-corrected chi connectivity index (χ3v) is 8.73. The van der Waals surface area contributed by atoms with Gasteiger partial charge in [0, 0.05) is 30.3 Å². The average molecular weight is 432 g/mol. The van der Waals surface area contributed by atoms with Crippen LogP contribution in [0.15, 0.2) is 12.3 Å². The van der Waals surface area contributed by atoms with E-state index in [4.69, 9.17) is 4.74 Å². The number of nitrogens with one attached hydrogen (secondary N) is 2. The Morgan fingerprint density at radius 3 is 2.40 bits per heavy atom. The molecule has 0 radical (unpaired) electrons. The maximum absolute atomic E-state index is 11.9. The van der Waals surface area contributed by atoms with Crippen molar-refractivity contribution in [3.63, 3.8) is 0 Å². The molecule has 0 amide bonds. The van der Waals surface area contributed by atoms with Gasteiger partial charge in [0.2, 0.25) is 5.95 Å². The number of anilines is 1. The van der Waals surface area contributed by atoms with Gasteiger partial charge in [-0.05, 0) is 75.0 Å². The Bertz CT molecular complexity index is 1060. The minimum absolute atomic E-state index is 0.189. The lowest BCUT2D eigenvalue weighted by Gasteiger charge is -2.56. The molecule has 2 N–H and O–H groups in total. The van der Waals surface area contributed by atoms with Crippen LogP contribution < -0.4 is 14.2 Å². The summed E-state index contributed by atoms with van der Waals surface area (Å²) in [5.74, 6) is 4.28. The van der Waals surface area contributed by atoms with E-state index < -0.39 is 10.2 Å². The third kappa shape index (κ3) is 3.26. The summed E-state index contributed by atoms with van der Waals surface area (Å²) in [6.45, 7) is 0.791. The van der Waals surface area contributed by atoms with Crippen LogP contribution in [0.5, 0.6) is 5.75 Å². The lowest BCUT2D eigenvalue weighted by molar-refractivity contribution is -0.0746. The maximum Gasteiger partial charge on any atom is 0.301 e. The first-order valence-electron chi connectivity index (χ1n) is 11.1. The SMILES string of the molecule is CNS(=O)(=O)Nc1nnc2cc(OCC34CC5CC(CC(C5)C3)C4)c(C3CC3)cn12. The molecule has 2 aromatic heterocycles. The number of pyridine rings is 1. The van der Waals surface area contributed by atoms with Crippen molar-refractivity contribution in [2.45, 2.75) is 57.3 Å². The lowest BCUT2D eigenvalue weighted by atomic mass is 9.50. The van der Waals surface area contributed by atoms with Gasteiger partial charge in [-0.25, -0.2) is 9.44 Å². The molecule has 4 bridgehead atoms. The highest BCUT2D eigenvalue weighted by molar-refractivity contribution is 7.90. The second-order valence-electron chi connectivity index (χ2n) is 10.1. The Labute approximate surface area is 177 Å². The van der Waals surface area contributed by atoms with Crippen molar-refractivity contribution in [3.05, 3.63) is 17.8 Å². The van der Waals surface area contributed by atoms with Crippen LogP contribution in [0.25, 0.3) is 5.65 Å². The molecule has 2 heterocycles. The number of hydrogen-bond acceptors (Lipinski definition) is 5. The highest BCUT2D eigenvalue weighted by Gasteiger charge is 2.51. The predicted octanol–water partition coefficient (Wildman–Crippen LogP) is 3.08. The molecule has 5 fully saturated rings. The van der Waals surface area contributed by atoms with Crippen molar-refractivity contribution in [2.24, 2.45) is 23.2 Å². The van der Waals surface area contributed by atoms with Gasteiger partial charge in [0.25, 0.3) is 0 Å². The molecule has 7 rings (SSSR count). The molecule has 0 spiro atoms. The largest absolute Gasteiger partial charge is 0.493 e. The fourth-order valence-electron chi connectivity index (χ4n) is 6.70. The van der Waals surface area contributed by atoms with Crippen LogP contribution in [-0.4, -0.2) is 36.7 Å². The highest BCUT2D eigenvalue weighted by Crippen LogP contribution is 2.60. The molecule has 0 unspecified atom stereocenters. The minimum atomic E-state index is -3.65. The van der Waals surface area contributed by atoms with Crippen molar-refractivity contribution >= 4 is 21.8 Å². The number of ether oxygens (including phenoxy) is 1. The highest BCUT2D eigenvalue weighted by atomic mass is 32.2. The zero-order chi connectivity index (χ0) is 20.5. The molecule has 30 heavy (non-hydrogen) atoms. The van der Waals surface area contributed by atoms with Crippen molar-refractivity contribution < 1.29 is 13.2 Å². The van der Waals surface area contributed by atoms with E-state index in [9.17, 15) is 8.42 Å². The molecular formula is C21H29N5O3S. The van der Waals surface area contributed by atoms with Crippen LogP contribution in [0, 0.1) is 23.2 Å². The van der Waals surface area contributed by atoms with Gasteiger partial charge in [-0.2, -0.15) is 8.42 Å². The van der Waals surface area contributed by atoms with Gasteiger partial charge in [-0.15, -0.1) is 10.2 Å². The molecule has 9 heteroatoms. The molecule has 8 nitrogen and oxygen atoms in total. The molecule has 0 saturated heterocycles. The minimum Gasteiger partial charge on any atom is -0.493 e. The molecule has 2 aromatic rings. The molecule has 0 aromatic carbocycles. The molecule has 0 aliphatic heterocycles. The summed E-state index contributed by atoms with van der Waals surface area (Å²) >= 11 is 0. The quantitative estimate of drug-likeness (QED) is 0.702. The van der Waals surface area contributed by atoms with Crippen LogP contribution in [0.1, 0.15) is 62.8 Å². The second-order valence-corrected chi connectivity index (χ2v) is 11.8. The standard InChI is InChI=1S/C21H29N5O3S/c1-22-30(27,28)25-20-24-23-19-7-18(17(11-26(19)20)16-2-3-16)29-12-21-8-13-4-14(9-21)6-15(5-13)10-21/h7,11,13-16,22H,2-6,8-10,12H2,1H3,(H,24,25). The summed E-state index contributed by atoms with van der Waals surface area (Å²) in [6.07, 6.45) is 12.5. The van der Waals surface area contributed by atoms with Crippen LogP contribution in [0.3, 0.4) is 0 Å². The van der Waals surface area contributed by atoms with E-state index in [-0.39, 0.29) is 5.95 Å². The monoisotopic (exact) mass is 431 g/mol. The zero-order valence-corrected chi connectivity index (χ0v) is 18.1. The molecule has 0 atom stereocenters. The van der Waals surface area contributed by atoms with E-state index in [1.165, 1.54) is 45.6 Å². The average Bonchev–Trinajstić information content (AvgIpc) is 3.47. The van der Waals surface area contributed by atoms with E-state index in [1.807, 2.05) is 12.3 Å². The predicted molar refractivity (Wildman–Crippen MR) is 113 cm³/mol. The van der Waals surface area contributed by atoms with Crippen LogP contribution in [-0.2, 0) is 10.2 Å². The van der Waals surface area contributed by atoms with Crippen LogP contribution in [0.4, 0.5) is 5.95 Å². The van der Waals surface area contributed by atoms with Crippen molar-refractivity contribution in [1.82, 2.24) is 19.3 Å². The second kappa shape index (κ2) is 6.56. The topological polar surface area (TPSA) is 97.6 Å². The van der Waals surface area contributed by atoms with Gasteiger partial charge in [0.15, 0.2) is 5.65 Å². The lowest BCUT2D eigenvalue weighted by Crippen LogP contribution is -2.48. The zero-order valence-electron chi connectivity index (χ0n) is 17.3.